The number of aryl methyl sites for hydroxylation is 7. The van der Waals surface area contributed by atoms with E-state index in [2.05, 4.69) is 83.4 Å². The van der Waals surface area contributed by atoms with Crippen LogP contribution >= 0.6 is 23.2 Å². The number of carbonyl (C=O) groups excluding carboxylic acids is 4. The third kappa shape index (κ3) is 16.3. The summed E-state index contributed by atoms with van der Waals surface area (Å²) in [7, 11) is 7.05. The van der Waals surface area contributed by atoms with Crippen LogP contribution in [0.1, 0.15) is 58.1 Å². The fourth-order valence-corrected chi connectivity index (χ4v) is 8.92. The summed E-state index contributed by atoms with van der Waals surface area (Å²) in [6.07, 6.45) is 0. The Morgan fingerprint density at radius 1 is 0.348 bits per heavy atom. The van der Waals surface area contributed by atoms with Crippen molar-refractivity contribution in [1.29, 1.82) is 0 Å². The molecule has 0 bridgehead atoms. The zero-order valence-electron chi connectivity index (χ0n) is 48.9. The lowest BCUT2D eigenvalue weighted by Crippen LogP contribution is -2.12. The van der Waals surface area contributed by atoms with Crippen molar-refractivity contribution in [3.05, 3.63) is 237 Å². The first-order chi connectivity index (χ1) is 43.0. The van der Waals surface area contributed by atoms with Crippen LogP contribution in [-0.2, 0) is 28.2 Å². The lowest BCUT2D eigenvalue weighted by molar-refractivity contribution is 0.101. The summed E-state index contributed by atoms with van der Waals surface area (Å²) in [5, 5.41) is 57.7. The Bertz CT molecular complexity index is 4400. The van der Waals surface area contributed by atoms with Crippen molar-refractivity contribution in [2.24, 2.45) is 28.2 Å². The first-order valence-corrected chi connectivity index (χ1v) is 27.9. The Labute approximate surface area is 519 Å². The molecule has 24 nitrogen and oxygen atoms in total. The number of para-hydroxylation sites is 2. The summed E-state index contributed by atoms with van der Waals surface area (Å²) in [5.41, 5.74) is 11.4. The molecule has 4 amide bonds. The van der Waals surface area contributed by atoms with Gasteiger partial charge in [-0.3, -0.25) is 19.2 Å². The van der Waals surface area contributed by atoms with E-state index in [0.29, 0.717) is 67.0 Å². The van der Waals surface area contributed by atoms with Gasteiger partial charge in [-0.1, -0.05) is 120 Å². The molecule has 4 aromatic heterocycles. The van der Waals surface area contributed by atoms with Gasteiger partial charge in [0.1, 0.15) is 0 Å². The minimum Gasteiger partial charge on any atom is -0.322 e. The molecule has 0 spiro atoms. The number of nitrogens with one attached hydrogen (secondary N) is 4. The number of hydrogen-bond acceptors (Lipinski definition) is 16. The van der Waals surface area contributed by atoms with E-state index in [-0.39, 0.29) is 23.6 Å². The summed E-state index contributed by atoms with van der Waals surface area (Å²) in [5.74, 6) is 1.80. The van der Waals surface area contributed by atoms with Gasteiger partial charge in [-0.2, -0.15) is 0 Å². The average Bonchev–Trinajstić information content (AvgIpc) is 2.87. The maximum absolute atomic E-state index is 12.3. The minimum absolute atomic E-state index is 0.142. The fourth-order valence-electron chi connectivity index (χ4n) is 8.47. The molecule has 0 aliphatic rings. The summed E-state index contributed by atoms with van der Waals surface area (Å²) in [6, 6.07) is 56.5. The summed E-state index contributed by atoms with van der Waals surface area (Å²) >= 11 is 12.3. The van der Waals surface area contributed by atoms with Gasteiger partial charge in [-0.15, -0.1) is 20.4 Å². The predicted octanol–water partition coefficient (Wildman–Crippen LogP) is 10.7. The number of halogens is 2. The van der Waals surface area contributed by atoms with E-state index in [1.54, 1.807) is 96.8 Å². The third-order valence-corrected chi connectivity index (χ3v) is 14.0. The van der Waals surface area contributed by atoms with E-state index in [4.69, 9.17) is 23.2 Å². The molecular formula is C63H56Cl2N20O4. The number of nitrogens with zero attached hydrogens (tertiary/aromatic N) is 16. The standard InChI is InChI=1S/C16H14ClN5O.2C16H15N5O.C15H12ClN5O/c1-10-3-8-13(9-14(10)17)18-16(23)12-6-4-11(5-7-12)15-19-20-21-22(15)2;1-11-3-9-14(10-4-11)17-16(22)13-7-5-12(6-8-13)15-18-19-20-21(15)2;1-11-10-12(16(22)17-13-6-4-3-5-7-13)8-9-14(11)15-18-19-20-21(15)2;1-21-14(18-19-20-21)10-7-8-12(13(16)9-10)15(22)17-11-5-3-2-4-6-11/h3-9H,1-2H3,(H,18,23);2*3-10H,1-2H3,(H,17,22);2-9H,1H3,(H,17,22). The Balaban J connectivity index is 0.000000141. The second kappa shape index (κ2) is 29.1. The molecule has 446 valence electrons. The highest BCUT2D eigenvalue weighted by Crippen LogP contribution is 2.27. The molecule has 12 rings (SSSR count). The van der Waals surface area contributed by atoms with Gasteiger partial charge in [0.25, 0.3) is 23.6 Å². The van der Waals surface area contributed by atoms with E-state index in [0.717, 1.165) is 50.3 Å². The topological polar surface area (TPSA) is 291 Å². The molecule has 0 saturated heterocycles. The number of rotatable bonds is 12. The van der Waals surface area contributed by atoms with Crippen molar-refractivity contribution < 1.29 is 19.2 Å². The van der Waals surface area contributed by atoms with E-state index in [1.165, 1.54) is 4.68 Å². The van der Waals surface area contributed by atoms with Crippen molar-refractivity contribution in [2.75, 3.05) is 21.3 Å². The Kier molecular flexibility index (Phi) is 20.3. The number of benzene rings is 8. The van der Waals surface area contributed by atoms with Crippen LogP contribution in [0.3, 0.4) is 0 Å². The molecule has 0 saturated carbocycles. The Hall–Kier alpha value is -11.5. The zero-order chi connectivity index (χ0) is 63.0. The molecule has 0 radical (unpaired) electrons. The van der Waals surface area contributed by atoms with E-state index >= 15 is 0 Å². The maximum Gasteiger partial charge on any atom is 0.257 e. The predicted molar refractivity (Wildman–Crippen MR) is 339 cm³/mol. The zero-order valence-corrected chi connectivity index (χ0v) is 50.5. The van der Waals surface area contributed by atoms with Crippen molar-refractivity contribution in [1.82, 2.24) is 80.8 Å². The smallest absolute Gasteiger partial charge is 0.257 e. The number of anilines is 4. The van der Waals surface area contributed by atoms with Crippen LogP contribution in [0.4, 0.5) is 22.7 Å². The third-order valence-electron chi connectivity index (χ3n) is 13.3. The molecule has 0 aliphatic carbocycles. The van der Waals surface area contributed by atoms with E-state index < -0.39 is 0 Å². The highest BCUT2D eigenvalue weighted by molar-refractivity contribution is 6.34. The second-order valence-corrected chi connectivity index (χ2v) is 20.6. The molecule has 4 heterocycles. The van der Waals surface area contributed by atoms with Gasteiger partial charge in [0, 0.05) is 94.9 Å². The molecule has 26 heteroatoms. The van der Waals surface area contributed by atoms with Gasteiger partial charge in [-0.05, 0) is 171 Å². The van der Waals surface area contributed by atoms with Crippen LogP contribution in [0.25, 0.3) is 45.6 Å². The molecule has 8 aromatic carbocycles. The molecule has 0 aliphatic heterocycles. The van der Waals surface area contributed by atoms with Gasteiger partial charge in [0.15, 0.2) is 23.3 Å². The van der Waals surface area contributed by atoms with Gasteiger partial charge < -0.3 is 21.3 Å². The fraction of sp³-hybridized carbons (Fsp3) is 0.111. The SMILES string of the molecule is Cc1cc(C(=O)Nc2ccccc2)ccc1-c1nnnn1C.Cc1ccc(NC(=O)c2ccc(-c3nnnn3C)cc2)cc1.Cc1ccc(NC(=O)c2ccc(-c3nnnn3C)cc2)cc1Cl.Cn1nnnc1-c1ccc(C(=O)Nc2ccccc2)c(Cl)c1. The first kappa shape index (κ1) is 62.0. The Morgan fingerprint density at radius 2 is 0.742 bits per heavy atom. The molecule has 0 unspecified atom stereocenters. The highest BCUT2D eigenvalue weighted by atomic mass is 35.5. The average molecular weight is 1230 g/mol. The number of tetrazole rings is 4. The number of hydrogen-bond donors (Lipinski definition) is 4. The normalized spacial score (nSPS) is 10.5. The van der Waals surface area contributed by atoms with Crippen LogP contribution in [0.15, 0.2) is 188 Å². The van der Waals surface area contributed by atoms with E-state index in [1.807, 2.05) is 154 Å². The summed E-state index contributed by atoms with van der Waals surface area (Å²) < 4.78 is 6.30. The highest BCUT2D eigenvalue weighted by Gasteiger charge is 2.17. The van der Waals surface area contributed by atoms with Crippen molar-refractivity contribution in [2.45, 2.75) is 20.8 Å². The van der Waals surface area contributed by atoms with Crippen LogP contribution in [-0.4, -0.2) is 104 Å². The van der Waals surface area contributed by atoms with Gasteiger partial charge in [-0.25, -0.2) is 18.7 Å². The van der Waals surface area contributed by atoms with Crippen LogP contribution in [0, 0.1) is 20.8 Å². The van der Waals surface area contributed by atoms with Crippen molar-refractivity contribution in [3.8, 4) is 45.6 Å². The van der Waals surface area contributed by atoms with Crippen LogP contribution in [0.2, 0.25) is 10.0 Å². The Morgan fingerprint density at radius 3 is 1.18 bits per heavy atom. The number of aromatic nitrogens is 16. The summed E-state index contributed by atoms with van der Waals surface area (Å²) in [6.45, 7) is 5.85. The quantitative estimate of drug-likeness (QED) is 0.0884. The van der Waals surface area contributed by atoms with Gasteiger partial charge in [0.2, 0.25) is 0 Å². The number of carbonyl (C=O) groups is 4. The van der Waals surface area contributed by atoms with Gasteiger partial charge in [0.05, 0.1) is 10.6 Å². The molecule has 12 aromatic rings. The molecular weight excluding hydrogens is 1170 g/mol. The van der Waals surface area contributed by atoms with Crippen molar-refractivity contribution in [3.63, 3.8) is 0 Å². The second-order valence-electron chi connectivity index (χ2n) is 19.8. The van der Waals surface area contributed by atoms with Gasteiger partial charge >= 0.3 is 0 Å². The van der Waals surface area contributed by atoms with E-state index in [9.17, 15) is 19.2 Å². The first-order valence-electron chi connectivity index (χ1n) is 27.2. The van der Waals surface area contributed by atoms with Crippen LogP contribution in [0.5, 0.6) is 0 Å². The number of amides is 4. The monoisotopic (exact) mass is 1230 g/mol. The minimum atomic E-state index is -0.265. The lowest BCUT2D eigenvalue weighted by atomic mass is 10.0. The molecule has 0 atom stereocenters. The van der Waals surface area contributed by atoms with Crippen molar-refractivity contribution >= 4 is 69.6 Å². The molecule has 89 heavy (non-hydrogen) atoms. The lowest BCUT2D eigenvalue weighted by Gasteiger charge is -2.08. The largest absolute Gasteiger partial charge is 0.322 e. The molecule has 0 fully saturated rings. The maximum atomic E-state index is 12.3. The summed E-state index contributed by atoms with van der Waals surface area (Å²) in [4.78, 5) is 49.0. The van der Waals surface area contributed by atoms with Crippen LogP contribution < -0.4 is 21.3 Å². The molecule has 4 N–H and O–H groups in total.